The maximum atomic E-state index is 12.2. The summed E-state index contributed by atoms with van der Waals surface area (Å²) in [6.45, 7) is 2.34. The third-order valence-corrected chi connectivity index (χ3v) is 4.20. The van der Waals surface area contributed by atoms with Crippen LogP contribution in [0.25, 0.3) is 0 Å². The third-order valence-electron chi connectivity index (χ3n) is 3.96. The Balaban J connectivity index is 1.59. The van der Waals surface area contributed by atoms with Gasteiger partial charge in [0.15, 0.2) is 11.5 Å². The van der Waals surface area contributed by atoms with E-state index >= 15 is 0 Å². The quantitative estimate of drug-likeness (QED) is 0.670. The van der Waals surface area contributed by atoms with Gasteiger partial charge < -0.3 is 15.4 Å². The Labute approximate surface area is 162 Å². The summed E-state index contributed by atoms with van der Waals surface area (Å²) in [6.07, 6.45) is 0. The average Bonchev–Trinajstić information content (AvgIpc) is 2.69. The number of rotatable bonds is 6. The number of anilines is 2. The van der Waals surface area contributed by atoms with Crippen LogP contribution >= 0.6 is 11.6 Å². The Morgan fingerprint density at radius 1 is 1.07 bits per heavy atom. The number of halogens is 1. The van der Waals surface area contributed by atoms with Crippen molar-refractivity contribution >= 4 is 29.0 Å². The van der Waals surface area contributed by atoms with Crippen molar-refractivity contribution < 1.29 is 9.53 Å². The molecule has 0 aliphatic carbocycles. The van der Waals surface area contributed by atoms with Crippen LogP contribution in [0.2, 0.25) is 5.02 Å². The second kappa shape index (κ2) is 8.51. The van der Waals surface area contributed by atoms with Crippen molar-refractivity contribution in [1.82, 2.24) is 15.5 Å². The van der Waals surface area contributed by atoms with Crippen molar-refractivity contribution in [2.45, 2.75) is 13.5 Å². The molecule has 2 N–H and O–H groups in total. The maximum absolute atomic E-state index is 12.2. The minimum atomic E-state index is -0.285. The molecule has 0 unspecified atom stereocenters. The van der Waals surface area contributed by atoms with E-state index in [0.717, 1.165) is 22.6 Å². The van der Waals surface area contributed by atoms with Gasteiger partial charge in [-0.1, -0.05) is 23.7 Å². The SMILES string of the molecule is COc1ccc(CNC(=O)c2ccc(Nc3ccc(Cl)cc3C)nn2)cc1. The van der Waals surface area contributed by atoms with Crippen molar-refractivity contribution in [3.63, 3.8) is 0 Å². The van der Waals surface area contributed by atoms with Gasteiger partial charge in [-0.3, -0.25) is 4.79 Å². The van der Waals surface area contributed by atoms with E-state index in [0.29, 0.717) is 17.4 Å². The van der Waals surface area contributed by atoms with E-state index in [9.17, 15) is 4.79 Å². The second-order valence-electron chi connectivity index (χ2n) is 5.92. The minimum Gasteiger partial charge on any atom is -0.497 e. The predicted octanol–water partition coefficient (Wildman–Crippen LogP) is 4.12. The number of hydrogen-bond acceptors (Lipinski definition) is 5. The largest absolute Gasteiger partial charge is 0.497 e. The molecular formula is C20H19ClN4O2. The number of amides is 1. The van der Waals surface area contributed by atoms with Crippen LogP contribution in [0.1, 0.15) is 21.6 Å². The average molecular weight is 383 g/mol. The summed E-state index contributed by atoms with van der Waals surface area (Å²) in [5.74, 6) is 1.04. The number of methoxy groups -OCH3 is 1. The summed E-state index contributed by atoms with van der Waals surface area (Å²) in [5, 5.41) is 14.7. The van der Waals surface area contributed by atoms with Crippen LogP contribution in [0.4, 0.5) is 11.5 Å². The first-order valence-electron chi connectivity index (χ1n) is 8.33. The molecule has 0 saturated carbocycles. The summed E-state index contributed by atoms with van der Waals surface area (Å²) in [4.78, 5) is 12.2. The lowest BCUT2D eigenvalue weighted by molar-refractivity contribution is 0.0945. The molecule has 7 heteroatoms. The Kier molecular flexibility index (Phi) is 5.88. The molecule has 0 radical (unpaired) electrons. The van der Waals surface area contributed by atoms with E-state index in [-0.39, 0.29) is 11.6 Å². The molecule has 1 heterocycles. The van der Waals surface area contributed by atoms with Gasteiger partial charge in [-0.2, -0.15) is 0 Å². The molecule has 0 fully saturated rings. The molecule has 0 bridgehead atoms. The van der Waals surface area contributed by atoms with Crippen LogP contribution in [0, 0.1) is 6.92 Å². The molecule has 1 amide bonds. The molecule has 138 valence electrons. The fraction of sp³-hybridized carbons (Fsp3) is 0.150. The predicted molar refractivity (Wildman–Crippen MR) is 106 cm³/mol. The summed E-state index contributed by atoms with van der Waals surface area (Å²) < 4.78 is 5.11. The third kappa shape index (κ3) is 4.95. The Morgan fingerprint density at radius 2 is 1.85 bits per heavy atom. The molecule has 3 rings (SSSR count). The Morgan fingerprint density at radius 3 is 2.48 bits per heavy atom. The molecule has 0 atom stereocenters. The highest BCUT2D eigenvalue weighted by molar-refractivity contribution is 6.30. The zero-order valence-electron chi connectivity index (χ0n) is 15.0. The fourth-order valence-electron chi connectivity index (χ4n) is 2.44. The molecule has 3 aromatic rings. The maximum Gasteiger partial charge on any atom is 0.272 e. The topological polar surface area (TPSA) is 76.1 Å². The van der Waals surface area contributed by atoms with Crippen LogP contribution in [0.15, 0.2) is 54.6 Å². The number of carbonyl (C=O) groups excluding carboxylic acids is 1. The smallest absolute Gasteiger partial charge is 0.272 e. The van der Waals surface area contributed by atoms with Crippen LogP contribution in [-0.2, 0) is 6.54 Å². The molecule has 0 saturated heterocycles. The minimum absolute atomic E-state index is 0.252. The van der Waals surface area contributed by atoms with E-state index in [4.69, 9.17) is 16.3 Å². The Hall–Kier alpha value is -3.12. The molecule has 0 aliphatic rings. The highest BCUT2D eigenvalue weighted by atomic mass is 35.5. The van der Waals surface area contributed by atoms with Gasteiger partial charge in [-0.25, -0.2) is 0 Å². The zero-order chi connectivity index (χ0) is 19.2. The number of aryl methyl sites for hydroxylation is 1. The van der Waals surface area contributed by atoms with Gasteiger partial charge in [-0.15, -0.1) is 10.2 Å². The lowest BCUT2D eigenvalue weighted by Gasteiger charge is -2.09. The van der Waals surface area contributed by atoms with Gasteiger partial charge in [0.1, 0.15) is 5.75 Å². The first kappa shape index (κ1) is 18.7. The van der Waals surface area contributed by atoms with E-state index in [1.165, 1.54) is 0 Å². The van der Waals surface area contributed by atoms with Crippen molar-refractivity contribution in [1.29, 1.82) is 0 Å². The van der Waals surface area contributed by atoms with Gasteiger partial charge >= 0.3 is 0 Å². The molecule has 0 aliphatic heterocycles. The number of carbonyl (C=O) groups is 1. The monoisotopic (exact) mass is 382 g/mol. The van der Waals surface area contributed by atoms with Gasteiger partial charge in [0.25, 0.3) is 5.91 Å². The number of hydrogen-bond donors (Lipinski definition) is 2. The molecule has 6 nitrogen and oxygen atoms in total. The van der Waals surface area contributed by atoms with E-state index < -0.39 is 0 Å². The van der Waals surface area contributed by atoms with E-state index in [1.807, 2.05) is 43.3 Å². The summed E-state index contributed by atoms with van der Waals surface area (Å²) in [6, 6.07) is 16.4. The second-order valence-corrected chi connectivity index (χ2v) is 6.36. The van der Waals surface area contributed by atoms with Crippen molar-refractivity contribution in [3.8, 4) is 5.75 Å². The number of aromatic nitrogens is 2. The molecule has 27 heavy (non-hydrogen) atoms. The summed E-state index contributed by atoms with van der Waals surface area (Å²) in [5.41, 5.74) is 3.09. The number of ether oxygens (including phenoxy) is 1. The highest BCUT2D eigenvalue weighted by Crippen LogP contribution is 2.22. The Bertz CT molecular complexity index is 928. The summed E-state index contributed by atoms with van der Waals surface area (Å²) >= 11 is 5.96. The van der Waals surface area contributed by atoms with E-state index in [1.54, 1.807) is 25.3 Å². The standard InChI is InChI=1S/C20H19ClN4O2/c1-13-11-15(21)5-8-17(13)23-19-10-9-18(24-25-19)20(26)22-12-14-3-6-16(27-2)7-4-14/h3-11H,12H2,1-2H3,(H,22,26)(H,23,25). The number of nitrogens with zero attached hydrogens (tertiary/aromatic N) is 2. The van der Waals surface area contributed by atoms with Crippen molar-refractivity contribution in [2.75, 3.05) is 12.4 Å². The first-order valence-corrected chi connectivity index (χ1v) is 8.71. The normalized spacial score (nSPS) is 10.3. The van der Waals surface area contributed by atoms with Gasteiger partial charge in [0, 0.05) is 17.3 Å². The van der Waals surface area contributed by atoms with Crippen LogP contribution in [0.3, 0.4) is 0 Å². The fourth-order valence-corrected chi connectivity index (χ4v) is 2.67. The van der Waals surface area contributed by atoms with Crippen LogP contribution in [0.5, 0.6) is 5.75 Å². The molecule has 2 aromatic carbocycles. The van der Waals surface area contributed by atoms with Crippen molar-refractivity contribution in [2.24, 2.45) is 0 Å². The number of nitrogens with one attached hydrogen (secondary N) is 2. The lowest BCUT2D eigenvalue weighted by atomic mass is 10.2. The molecular weight excluding hydrogens is 364 g/mol. The zero-order valence-corrected chi connectivity index (χ0v) is 15.7. The van der Waals surface area contributed by atoms with Crippen molar-refractivity contribution in [3.05, 3.63) is 76.4 Å². The van der Waals surface area contributed by atoms with E-state index in [2.05, 4.69) is 20.8 Å². The van der Waals surface area contributed by atoms with Gasteiger partial charge in [0.05, 0.1) is 7.11 Å². The molecule has 0 spiro atoms. The van der Waals surface area contributed by atoms with Gasteiger partial charge in [0.2, 0.25) is 0 Å². The van der Waals surface area contributed by atoms with Crippen LogP contribution in [-0.4, -0.2) is 23.2 Å². The van der Waals surface area contributed by atoms with Crippen LogP contribution < -0.4 is 15.4 Å². The number of benzene rings is 2. The highest BCUT2D eigenvalue weighted by Gasteiger charge is 2.09. The molecule has 1 aromatic heterocycles. The van der Waals surface area contributed by atoms with Gasteiger partial charge in [-0.05, 0) is 60.5 Å². The lowest BCUT2D eigenvalue weighted by Crippen LogP contribution is -2.24. The summed E-state index contributed by atoms with van der Waals surface area (Å²) in [7, 11) is 1.61. The first-order chi connectivity index (χ1) is 13.0.